The molecule has 0 heterocycles. The Hall–Kier alpha value is -3.92. The Bertz CT molecular complexity index is 1050. The van der Waals surface area contributed by atoms with Gasteiger partial charge in [-0.05, 0) is 62.6 Å². The van der Waals surface area contributed by atoms with Crippen molar-refractivity contribution in [3.05, 3.63) is 53.1 Å². The van der Waals surface area contributed by atoms with Crippen LogP contribution in [0.2, 0.25) is 0 Å². The van der Waals surface area contributed by atoms with Crippen molar-refractivity contribution in [1.29, 1.82) is 0 Å². The van der Waals surface area contributed by atoms with Gasteiger partial charge in [0, 0.05) is 25.9 Å². The molecule has 2 aromatic rings. The molecule has 0 atom stereocenters. The Morgan fingerprint density at radius 2 is 1.80 bits per heavy atom. The number of anilines is 1. The molecule has 2 aromatic carbocycles. The second-order valence-corrected chi connectivity index (χ2v) is 7.60. The van der Waals surface area contributed by atoms with Gasteiger partial charge in [0.2, 0.25) is 0 Å². The summed E-state index contributed by atoms with van der Waals surface area (Å²) in [7, 11) is 1.56. The Labute approximate surface area is 205 Å². The van der Waals surface area contributed by atoms with E-state index in [9.17, 15) is 14.4 Å². The monoisotopic (exact) mass is 484 g/mol. The van der Waals surface area contributed by atoms with E-state index in [1.165, 1.54) is 6.21 Å². The standard InChI is InChI=1S/C25H32N4O6/c1-5-34-22-14-19(15-27-29-25(32)24(31)26-11-6-12-33-4)8-10-21(22)35-16-23(30)28-20-9-7-17(2)13-18(20)3/h7-10,13-15H,5-6,11-12,16H2,1-4H3,(H,26,31)(H,28,30)(H,29,32)/b27-15-. The first-order valence-electron chi connectivity index (χ1n) is 11.2. The minimum Gasteiger partial charge on any atom is -0.490 e. The highest BCUT2D eigenvalue weighted by atomic mass is 16.5. The Balaban J connectivity index is 1.92. The molecule has 0 spiro atoms. The van der Waals surface area contributed by atoms with Crippen molar-refractivity contribution in [3.8, 4) is 11.5 Å². The molecule has 188 valence electrons. The van der Waals surface area contributed by atoms with Crippen molar-refractivity contribution in [2.75, 3.05) is 38.8 Å². The molecule has 0 bridgehead atoms. The van der Waals surface area contributed by atoms with E-state index >= 15 is 0 Å². The van der Waals surface area contributed by atoms with Crippen molar-refractivity contribution < 1.29 is 28.6 Å². The molecular formula is C25H32N4O6. The number of benzene rings is 2. The Morgan fingerprint density at radius 3 is 2.51 bits per heavy atom. The first-order valence-corrected chi connectivity index (χ1v) is 11.2. The quantitative estimate of drug-likeness (QED) is 0.184. The fourth-order valence-corrected chi connectivity index (χ4v) is 2.99. The summed E-state index contributed by atoms with van der Waals surface area (Å²) >= 11 is 0. The number of hydrazone groups is 1. The van der Waals surface area contributed by atoms with E-state index < -0.39 is 11.8 Å². The van der Waals surface area contributed by atoms with Gasteiger partial charge in [-0.25, -0.2) is 5.43 Å². The molecule has 0 aliphatic carbocycles. The fourth-order valence-electron chi connectivity index (χ4n) is 2.99. The largest absolute Gasteiger partial charge is 0.490 e. The van der Waals surface area contributed by atoms with E-state index in [-0.39, 0.29) is 12.5 Å². The Kier molecular flexibility index (Phi) is 11.2. The van der Waals surface area contributed by atoms with Crippen LogP contribution in [0.15, 0.2) is 41.5 Å². The third kappa shape index (κ3) is 9.46. The molecule has 10 nitrogen and oxygen atoms in total. The molecule has 3 N–H and O–H groups in total. The van der Waals surface area contributed by atoms with Crippen molar-refractivity contribution in [3.63, 3.8) is 0 Å². The van der Waals surface area contributed by atoms with Gasteiger partial charge >= 0.3 is 11.8 Å². The average Bonchev–Trinajstić information content (AvgIpc) is 2.83. The van der Waals surface area contributed by atoms with Crippen molar-refractivity contribution >= 4 is 29.6 Å². The maximum atomic E-state index is 12.3. The Morgan fingerprint density at radius 1 is 1.00 bits per heavy atom. The summed E-state index contributed by atoms with van der Waals surface area (Å²) in [5.74, 6) is -1.15. The number of methoxy groups -OCH3 is 1. The lowest BCUT2D eigenvalue weighted by Crippen LogP contribution is -2.38. The molecule has 0 aromatic heterocycles. The van der Waals surface area contributed by atoms with E-state index in [0.29, 0.717) is 43.2 Å². The summed E-state index contributed by atoms with van der Waals surface area (Å²) in [6.45, 7) is 6.73. The maximum Gasteiger partial charge on any atom is 0.329 e. The van der Waals surface area contributed by atoms with E-state index in [1.807, 2.05) is 39.0 Å². The molecule has 3 amide bonds. The molecule has 0 unspecified atom stereocenters. The molecule has 0 saturated carbocycles. The summed E-state index contributed by atoms with van der Waals surface area (Å²) in [6.07, 6.45) is 1.97. The van der Waals surface area contributed by atoms with Gasteiger partial charge in [-0.3, -0.25) is 14.4 Å². The van der Waals surface area contributed by atoms with Gasteiger partial charge in [0.05, 0.1) is 12.8 Å². The van der Waals surface area contributed by atoms with Crippen LogP contribution in [-0.4, -0.2) is 57.4 Å². The van der Waals surface area contributed by atoms with Crippen LogP contribution in [0.5, 0.6) is 11.5 Å². The highest BCUT2D eigenvalue weighted by Crippen LogP contribution is 2.28. The summed E-state index contributed by atoms with van der Waals surface area (Å²) in [6, 6.07) is 10.7. The summed E-state index contributed by atoms with van der Waals surface area (Å²) in [5, 5.41) is 9.10. The number of hydrogen-bond donors (Lipinski definition) is 3. The lowest BCUT2D eigenvalue weighted by Gasteiger charge is -2.13. The topological polar surface area (TPSA) is 127 Å². The molecule has 2 rings (SSSR count). The number of carbonyl (C=O) groups excluding carboxylic acids is 3. The van der Waals surface area contributed by atoms with Gasteiger partial charge < -0.3 is 24.8 Å². The minimum absolute atomic E-state index is 0.198. The van der Waals surface area contributed by atoms with E-state index in [4.69, 9.17) is 14.2 Å². The number of nitrogens with one attached hydrogen (secondary N) is 3. The number of hydrogen-bond acceptors (Lipinski definition) is 7. The lowest BCUT2D eigenvalue weighted by molar-refractivity contribution is -0.139. The number of nitrogens with zero attached hydrogens (tertiary/aromatic N) is 1. The highest BCUT2D eigenvalue weighted by Gasteiger charge is 2.12. The molecular weight excluding hydrogens is 452 g/mol. The van der Waals surface area contributed by atoms with Crippen molar-refractivity contribution in [2.45, 2.75) is 27.2 Å². The van der Waals surface area contributed by atoms with Crippen LogP contribution in [-0.2, 0) is 19.1 Å². The summed E-state index contributed by atoms with van der Waals surface area (Å²) < 4.78 is 16.1. The molecule has 10 heteroatoms. The van der Waals surface area contributed by atoms with Gasteiger partial charge in [-0.1, -0.05) is 17.7 Å². The van der Waals surface area contributed by atoms with E-state index in [1.54, 1.807) is 25.3 Å². The number of aryl methyl sites for hydroxylation is 2. The second kappa shape index (κ2) is 14.4. The van der Waals surface area contributed by atoms with Crippen LogP contribution in [0.4, 0.5) is 5.69 Å². The van der Waals surface area contributed by atoms with E-state index in [0.717, 1.165) is 16.8 Å². The number of carbonyl (C=O) groups is 3. The van der Waals surface area contributed by atoms with E-state index in [2.05, 4.69) is 21.2 Å². The summed E-state index contributed by atoms with van der Waals surface area (Å²) in [5.41, 5.74) is 5.58. The zero-order chi connectivity index (χ0) is 25.6. The number of ether oxygens (including phenoxy) is 3. The highest BCUT2D eigenvalue weighted by molar-refractivity contribution is 6.35. The molecule has 0 saturated heterocycles. The smallest absolute Gasteiger partial charge is 0.329 e. The predicted octanol–water partition coefficient (Wildman–Crippen LogP) is 2.32. The van der Waals surface area contributed by atoms with Crippen molar-refractivity contribution in [1.82, 2.24) is 10.7 Å². The number of amides is 3. The van der Waals surface area contributed by atoms with Crippen LogP contribution in [0, 0.1) is 13.8 Å². The van der Waals surface area contributed by atoms with Gasteiger partial charge in [-0.15, -0.1) is 0 Å². The minimum atomic E-state index is -0.876. The first-order chi connectivity index (χ1) is 16.8. The van der Waals surface area contributed by atoms with Crippen LogP contribution in [0.1, 0.15) is 30.0 Å². The summed E-state index contributed by atoms with van der Waals surface area (Å²) in [4.78, 5) is 35.8. The molecule has 0 radical (unpaired) electrons. The predicted molar refractivity (Wildman–Crippen MR) is 133 cm³/mol. The second-order valence-electron chi connectivity index (χ2n) is 7.60. The lowest BCUT2D eigenvalue weighted by atomic mass is 10.1. The third-order valence-corrected chi connectivity index (χ3v) is 4.68. The normalized spacial score (nSPS) is 10.6. The van der Waals surface area contributed by atoms with Crippen LogP contribution < -0.4 is 25.5 Å². The molecule has 0 fully saturated rings. The van der Waals surface area contributed by atoms with Gasteiger partial charge in [0.1, 0.15) is 0 Å². The van der Waals surface area contributed by atoms with Crippen LogP contribution >= 0.6 is 0 Å². The molecule has 35 heavy (non-hydrogen) atoms. The fraction of sp³-hybridized carbons (Fsp3) is 0.360. The first kappa shape index (κ1) is 27.3. The van der Waals surface area contributed by atoms with Gasteiger partial charge in [0.15, 0.2) is 18.1 Å². The number of rotatable bonds is 12. The van der Waals surface area contributed by atoms with Gasteiger partial charge in [0.25, 0.3) is 5.91 Å². The third-order valence-electron chi connectivity index (χ3n) is 4.68. The SMILES string of the molecule is CCOc1cc(/C=N\NC(=O)C(=O)NCCCOC)ccc1OCC(=O)Nc1ccc(C)cc1C. The zero-order valence-electron chi connectivity index (χ0n) is 20.5. The average molecular weight is 485 g/mol. The van der Waals surface area contributed by atoms with Crippen LogP contribution in [0.25, 0.3) is 0 Å². The molecule has 0 aliphatic rings. The molecule has 0 aliphatic heterocycles. The van der Waals surface area contributed by atoms with Crippen LogP contribution in [0.3, 0.4) is 0 Å². The van der Waals surface area contributed by atoms with Crippen molar-refractivity contribution in [2.24, 2.45) is 5.10 Å². The zero-order valence-corrected chi connectivity index (χ0v) is 20.5. The maximum absolute atomic E-state index is 12.3. The van der Waals surface area contributed by atoms with Gasteiger partial charge in [-0.2, -0.15) is 5.10 Å².